The van der Waals surface area contributed by atoms with E-state index in [1.165, 1.54) is 42.4 Å². The van der Waals surface area contributed by atoms with Crippen LogP contribution in [-0.4, -0.2) is 64.8 Å². The molecule has 258 valence electrons. The van der Waals surface area contributed by atoms with Gasteiger partial charge in [-0.2, -0.15) is 0 Å². The molecule has 2 aromatic heterocycles. The summed E-state index contributed by atoms with van der Waals surface area (Å²) in [4.78, 5) is 27.4. The maximum atomic E-state index is 11.9. The number of hydrogen-bond acceptors (Lipinski definition) is 6. The van der Waals surface area contributed by atoms with Crippen molar-refractivity contribution in [3.05, 3.63) is 119 Å². The Hall–Kier alpha value is -4.17. The normalized spacial score (nSPS) is 20.0. The number of anilines is 1. The van der Waals surface area contributed by atoms with E-state index in [9.17, 15) is 4.79 Å². The number of piperazine rings is 1. The van der Waals surface area contributed by atoms with E-state index in [0.717, 1.165) is 67.3 Å². The molecule has 8 heteroatoms. The molecule has 2 saturated heterocycles. The molecule has 3 aliphatic rings. The van der Waals surface area contributed by atoms with Gasteiger partial charge in [-0.05, 0) is 90.1 Å². The lowest BCUT2D eigenvalue weighted by Crippen LogP contribution is -2.60. The summed E-state index contributed by atoms with van der Waals surface area (Å²) in [6.07, 6.45) is 9.34. The molecule has 0 radical (unpaired) electrons. The van der Waals surface area contributed by atoms with Crippen LogP contribution in [0.25, 0.3) is 11.0 Å². The Morgan fingerprint density at radius 3 is 2.56 bits per heavy atom. The molecule has 1 aliphatic carbocycles. The number of fused-ring (bicyclic) bond motifs is 1. The number of benzene rings is 3. The van der Waals surface area contributed by atoms with Crippen LogP contribution in [0.4, 0.5) is 5.69 Å². The van der Waals surface area contributed by atoms with Gasteiger partial charge in [-0.25, -0.2) is 4.98 Å². The van der Waals surface area contributed by atoms with Crippen molar-refractivity contribution in [2.24, 2.45) is 5.41 Å². The average molecular weight is 688 g/mol. The Labute approximate surface area is 300 Å². The predicted octanol–water partition coefficient (Wildman–Crippen LogP) is 9.25. The van der Waals surface area contributed by atoms with Crippen LogP contribution in [0.2, 0.25) is 5.02 Å². The number of aromatic amines is 1. The monoisotopic (exact) mass is 687 g/mol. The SMILES string of the molecule is CC(C)c1ccccc1[C@H]1CN(Cc2ccc(Cl)cc2)CCN1C1CC2(CCN(c3ccc(C=O)c(Oc4cnc5[nH]ccc5c4)c3)CC2)C1. The Bertz CT molecular complexity index is 1960. The highest BCUT2D eigenvalue weighted by molar-refractivity contribution is 6.30. The number of aromatic nitrogens is 2. The maximum Gasteiger partial charge on any atom is 0.153 e. The van der Waals surface area contributed by atoms with Gasteiger partial charge in [0.1, 0.15) is 17.1 Å². The zero-order valence-electron chi connectivity index (χ0n) is 29.0. The van der Waals surface area contributed by atoms with E-state index in [1.807, 2.05) is 42.6 Å². The fourth-order valence-corrected chi connectivity index (χ4v) is 8.86. The van der Waals surface area contributed by atoms with Crippen molar-refractivity contribution in [3.8, 4) is 11.5 Å². The third-order valence-electron chi connectivity index (χ3n) is 11.5. The third kappa shape index (κ3) is 6.67. The van der Waals surface area contributed by atoms with Crippen molar-refractivity contribution >= 4 is 34.6 Å². The number of rotatable bonds is 9. The first-order valence-electron chi connectivity index (χ1n) is 18.1. The van der Waals surface area contributed by atoms with Gasteiger partial charge in [0.25, 0.3) is 0 Å². The van der Waals surface area contributed by atoms with E-state index in [0.29, 0.717) is 40.5 Å². The highest BCUT2D eigenvalue weighted by Crippen LogP contribution is 2.53. The van der Waals surface area contributed by atoms with Gasteiger partial charge in [-0.15, -0.1) is 0 Å². The average Bonchev–Trinajstić information content (AvgIpc) is 3.60. The predicted molar refractivity (Wildman–Crippen MR) is 202 cm³/mol. The van der Waals surface area contributed by atoms with Crippen molar-refractivity contribution in [1.82, 2.24) is 19.8 Å². The fraction of sp³-hybridized carbons (Fsp3) is 0.381. The smallest absolute Gasteiger partial charge is 0.153 e. The maximum absolute atomic E-state index is 11.9. The molecule has 7 nitrogen and oxygen atoms in total. The topological polar surface area (TPSA) is 64.7 Å². The Morgan fingerprint density at radius 2 is 1.78 bits per heavy atom. The first-order chi connectivity index (χ1) is 24.4. The number of aldehydes is 1. The van der Waals surface area contributed by atoms with Gasteiger partial charge in [0.05, 0.1) is 11.8 Å². The third-order valence-corrected chi connectivity index (χ3v) is 11.8. The van der Waals surface area contributed by atoms with E-state index in [4.69, 9.17) is 16.3 Å². The van der Waals surface area contributed by atoms with Gasteiger partial charge in [0.2, 0.25) is 0 Å². The van der Waals surface area contributed by atoms with Gasteiger partial charge in [-0.1, -0.05) is 61.8 Å². The second kappa shape index (κ2) is 13.9. The summed E-state index contributed by atoms with van der Waals surface area (Å²) in [5.41, 5.74) is 7.17. The van der Waals surface area contributed by atoms with E-state index in [2.05, 4.69) is 81.0 Å². The molecule has 3 fully saturated rings. The molecular weight excluding hydrogens is 642 g/mol. The number of hydrogen-bond donors (Lipinski definition) is 1. The molecule has 8 rings (SSSR count). The van der Waals surface area contributed by atoms with E-state index in [1.54, 1.807) is 6.20 Å². The molecule has 0 bridgehead atoms. The van der Waals surface area contributed by atoms with Crippen molar-refractivity contribution in [1.29, 1.82) is 0 Å². The fourth-order valence-electron chi connectivity index (χ4n) is 8.73. The molecule has 1 saturated carbocycles. The number of pyridine rings is 1. The number of piperidine rings is 1. The first kappa shape index (κ1) is 33.0. The number of H-pyrrole nitrogens is 1. The van der Waals surface area contributed by atoms with Crippen molar-refractivity contribution in [3.63, 3.8) is 0 Å². The summed E-state index contributed by atoms with van der Waals surface area (Å²) in [5.74, 6) is 1.68. The van der Waals surface area contributed by atoms with Gasteiger partial charge in [0.15, 0.2) is 6.29 Å². The largest absolute Gasteiger partial charge is 0.455 e. The highest BCUT2D eigenvalue weighted by atomic mass is 35.5. The number of carbonyl (C=O) groups excluding carboxylic acids is 1. The Kier molecular flexibility index (Phi) is 9.15. The zero-order valence-corrected chi connectivity index (χ0v) is 29.8. The Morgan fingerprint density at radius 1 is 0.980 bits per heavy atom. The number of halogens is 1. The molecule has 3 aromatic carbocycles. The highest BCUT2D eigenvalue weighted by Gasteiger charge is 2.50. The van der Waals surface area contributed by atoms with Crippen LogP contribution in [0, 0.1) is 5.41 Å². The van der Waals surface area contributed by atoms with Crippen LogP contribution >= 0.6 is 11.6 Å². The number of nitrogens with one attached hydrogen (secondary N) is 1. The molecule has 1 spiro atoms. The minimum atomic E-state index is 0.389. The Balaban J connectivity index is 0.941. The van der Waals surface area contributed by atoms with Crippen molar-refractivity contribution in [2.75, 3.05) is 37.6 Å². The minimum absolute atomic E-state index is 0.389. The van der Waals surface area contributed by atoms with Crippen LogP contribution in [0.5, 0.6) is 11.5 Å². The van der Waals surface area contributed by atoms with Gasteiger partial charge in [-0.3, -0.25) is 14.6 Å². The van der Waals surface area contributed by atoms with Gasteiger partial charge in [0, 0.05) is 79.7 Å². The van der Waals surface area contributed by atoms with Crippen molar-refractivity contribution < 1.29 is 9.53 Å². The van der Waals surface area contributed by atoms with E-state index < -0.39 is 0 Å². The minimum Gasteiger partial charge on any atom is -0.455 e. The lowest BCUT2D eigenvalue weighted by atomic mass is 9.59. The first-order valence-corrected chi connectivity index (χ1v) is 18.5. The molecule has 5 aromatic rings. The number of ether oxygens (including phenoxy) is 1. The summed E-state index contributed by atoms with van der Waals surface area (Å²) >= 11 is 6.20. The van der Waals surface area contributed by atoms with E-state index in [-0.39, 0.29) is 0 Å². The number of carbonyl (C=O) groups is 1. The molecular formula is C42H46ClN5O2. The van der Waals surface area contributed by atoms with Crippen LogP contribution in [-0.2, 0) is 6.54 Å². The molecule has 0 amide bonds. The summed E-state index contributed by atoms with van der Waals surface area (Å²) in [5, 5.41) is 1.77. The summed E-state index contributed by atoms with van der Waals surface area (Å²) in [7, 11) is 0. The van der Waals surface area contributed by atoms with Gasteiger partial charge >= 0.3 is 0 Å². The molecule has 1 atom stereocenters. The lowest BCUT2D eigenvalue weighted by molar-refractivity contribution is -0.0628. The molecule has 2 aliphatic heterocycles. The summed E-state index contributed by atoms with van der Waals surface area (Å²) < 4.78 is 6.23. The molecule has 0 unspecified atom stereocenters. The molecule has 1 N–H and O–H groups in total. The van der Waals surface area contributed by atoms with Crippen LogP contribution in [0.15, 0.2) is 91.3 Å². The standard InChI is InChI=1S/C42H46ClN5O2/c1-29(2)37-5-3-4-6-38(37)39-27-46(26-30-7-10-33(43)11-8-30)19-20-48(39)35-23-42(24-35)14-17-47(18-15-42)34-12-9-32(28-49)40(22-34)50-36-21-31-13-16-44-41(31)45-25-36/h3-13,16,21-22,25,28-29,35,39H,14-15,17-20,23-24,26-27H2,1-2H3,(H,44,45)/t39-/m1/s1. The number of nitrogens with zero attached hydrogens (tertiary/aromatic N) is 4. The van der Waals surface area contributed by atoms with Crippen LogP contribution < -0.4 is 9.64 Å². The second-order valence-electron chi connectivity index (χ2n) is 15.0. The quantitative estimate of drug-likeness (QED) is 0.156. The second-order valence-corrected chi connectivity index (χ2v) is 15.4. The molecule has 4 heterocycles. The molecule has 50 heavy (non-hydrogen) atoms. The zero-order chi connectivity index (χ0) is 34.2. The van der Waals surface area contributed by atoms with Crippen LogP contribution in [0.3, 0.4) is 0 Å². The van der Waals surface area contributed by atoms with Crippen molar-refractivity contribution in [2.45, 2.75) is 64.1 Å². The summed E-state index contributed by atoms with van der Waals surface area (Å²) in [6.45, 7) is 10.8. The summed E-state index contributed by atoms with van der Waals surface area (Å²) in [6, 6.07) is 28.4. The van der Waals surface area contributed by atoms with Gasteiger partial charge < -0.3 is 14.6 Å². The van der Waals surface area contributed by atoms with Crippen LogP contribution in [0.1, 0.15) is 78.5 Å². The van der Waals surface area contributed by atoms with E-state index >= 15 is 0 Å². The lowest BCUT2D eigenvalue weighted by Gasteiger charge is -2.58.